The molecule has 0 amide bonds. The second-order valence-corrected chi connectivity index (χ2v) is 2.52. The van der Waals surface area contributed by atoms with Gasteiger partial charge in [0.1, 0.15) is 5.78 Å². The van der Waals surface area contributed by atoms with Gasteiger partial charge in [0.05, 0.1) is 6.61 Å². The molecular weight excluding hydrogens is 140 g/mol. The van der Waals surface area contributed by atoms with Crippen molar-refractivity contribution < 1.29 is 9.53 Å². The van der Waals surface area contributed by atoms with Gasteiger partial charge in [0.15, 0.2) is 0 Å². The summed E-state index contributed by atoms with van der Waals surface area (Å²) in [5.74, 6) is 0.269. The number of hydrogen-bond donors (Lipinski definition) is 0. The van der Waals surface area contributed by atoms with E-state index in [1.54, 1.807) is 14.0 Å². The zero-order valence-electron chi connectivity index (χ0n) is 7.30. The molecule has 0 aliphatic carbocycles. The molecule has 0 atom stereocenters. The van der Waals surface area contributed by atoms with Crippen molar-refractivity contribution in [1.82, 2.24) is 0 Å². The zero-order chi connectivity index (χ0) is 8.53. The minimum absolute atomic E-state index is 0.269. The second kappa shape index (κ2) is 7.48. The summed E-state index contributed by atoms with van der Waals surface area (Å²) in [6.45, 7) is 2.29. The largest absolute Gasteiger partial charge is 0.381 e. The Labute approximate surface area is 68.2 Å². The van der Waals surface area contributed by atoms with E-state index in [-0.39, 0.29) is 5.78 Å². The molecular formula is C9H16O2. The molecule has 0 aromatic carbocycles. The van der Waals surface area contributed by atoms with Crippen molar-refractivity contribution in [1.29, 1.82) is 0 Å². The molecule has 0 radical (unpaired) electrons. The Morgan fingerprint density at radius 2 is 2.18 bits per heavy atom. The number of hydrogen-bond acceptors (Lipinski definition) is 2. The van der Waals surface area contributed by atoms with Crippen LogP contribution in [0, 0.1) is 0 Å². The molecule has 0 fully saturated rings. The van der Waals surface area contributed by atoms with Crippen LogP contribution in [0.3, 0.4) is 0 Å². The first-order valence-corrected chi connectivity index (χ1v) is 3.90. The summed E-state index contributed by atoms with van der Waals surface area (Å²) in [5.41, 5.74) is 0. The first kappa shape index (κ1) is 10.4. The molecule has 0 N–H and O–H groups in total. The van der Waals surface area contributed by atoms with E-state index in [0.29, 0.717) is 13.0 Å². The lowest BCUT2D eigenvalue weighted by Gasteiger charge is -1.91. The van der Waals surface area contributed by atoms with Gasteiger partial charge < -0.3 is 9.53 Å². The van der Waals surface area contributed by atoms with Crippen molar-refractivity contribution in [3.8, 4) is 0 Å². The quantitative estimate of drug-likeness (QED) is 0.434. The number of ketones is 1. The highest BCUT2D eigenvalue weighted by molar-refractivity contribution is 5.75. The van der Waals surface area contributed by atoms with Gasteiger partial charge in [-0.15, -0.1) is 0 Å². The van der Waals surface area contributed by atoms with E-state index in [4.69, 9.17) is 4.74 Å². The van der Waals surface area contributed by atoms with Crippen molar-refractivity contribution in [2.24, 2.45) is 0 Å². The summed E-state index contributed by atoms with van der Waals surface area (Å²) in [6, 6.07) is 0. The van der Waals surface area contributed by atoms with Gasteiger partial charge in [-0.05, 0) is 19.8 Å². The number of Topliss-reactive ketones (excluding diaryl/α,β-unsaturated/α-hetero) is 1. The highest BCUT2D eigenvalue weighted by Crippen LogP contribution is 1.96. The summed E-state index contributed by atoms with van der Waals surface area (Å²) in [5, 5.41) is 0. The third kappa shape index (κ3) is 9.37. The van der Waals surface area contributed by atoms with Crippen molar-refractivity contribution in [2.45, 2.75) is 26.2 Å². The predicted molar refractivity (Wildman–Crippen MR) is 45.5 cm³/mol. The summed E-state index contributed by atoms with van der Waals surface area (Å²) in [6.07, 6.45) is 6.64. The van der Waals surface area contributed by atoms with Crippen molar-refractivity contribution in [2.75, 3.05) is 13.7 Å². The van der Waals surface area contributed by atoms with Gasteiger partial charge in [0.2, 0.25) is 0 Å². The van der Waals surface area contributed by atoms with Gasteiger partial charge in [-0.1, -0.05) is 12.2 Å². The van der Waals surface area contributed by atoms with E-state index < -0.39 is 0 Å². The molecule has 0 spiro atoms. The Morgan fingerprint density at radius 1 is 1.45 bits per heavy atom. The highest BCUT2D eigenvalue weighted by Gasteiger charge is 1.89. The summed E-state index contributed by atoms with van der Waals surface area (Å²) in [4.78, 5) is 10.5. The van der Waals surface area contributed by atoms with Crippen LogP contribution in [0.15, 0.2) is 12.2 Å². The van der Waals surface area contributed by atoms with E-state index in [1.165, 1.54) is 0 Å². The SMILES string of the molecule is COC/C=C\CCCC(C)=O. The lowest BCUT2D eigenvalue weighted by molar-refractivity contribution is -0.117. The van der Waals surface area contributed by atoms with Gasteiger partial charge in [-0.25, -0.2) is 0 Å². The lowest BCUT2D eigenvalue weighted by atomic mass is 10.2. The fourth-order valence-corrected chi connectivity index (χ4v) is 0.751. The standard InChI is InChI=1S/C9H16O2/c1-9(10)7-5-3-4-6-8-11-2/h4,6H,3,5,7-8H2,1-2H3/b6-4-. The molecule has 0 aliphatic rings. The summed E-state index contributed by atoms with van der Waals surface area (Å²) >= 11 is 0. The number of carbonyl (C=O) groups excluding carboxylic acids is 1. The zero-order valence-corrected chi connectivity index (χ0v) is 7.30. The highest BCUT2D eigenvalue weighted by atomic mass is 16.5. The third-order valence-corrected chi connectivity index (χ3v) is 1.33. The fraction of sp³-hybridized carbons (Fsp3) is 0.667. The third-order valence-electron chi connectivity index (χ3n) is 1.33. The molecule has 64 valence electrons. The Morgan fingerprint density at radius 3 is 2.73 bits per heavy atom. The predicted octanol–water partition coefficient (Wildman–Crippen LogP) is 1.95. The van der Waals surface area contributed by atoms with E-state index >= 15 is 0 Å². The van der Waals surface area contributed by atoms with Gasteiger partial charge in [-0.3, -0.25) is 0 Å². The van der Waals surface area contributed by atoms with Crippen LogP contribution in [0.2, 0.25) is 0 Å². The molecule has 0 bridgehead atoms. The minimum atomic E-state index is 0.269. The number of carbonyl (C=O) groups is 1. The smallest absolute Gasteiger partial charge is 0.129 e. The molecule has 0 aromatic heterocycles. The lowest BCUT2D eigenvalue weighted by Crippen LogP contribution is -1.88. The molecule has 0 heterocycles. The van der Waals surface area contributed by atoms with Gasteiger partial charge in [0, 0.05) is 13.5 Å². The summed E-state index contributed by atoms with van der Waals surface area (Å²) < 4.78 is 4.82. The molecule has 0 rings (SSSR count). The van der Waals surface area contributed by atoms with Crippen LogP contribution < -0.4 is 0 Å². The van der Waals surface area contributed by atoms with E-state index in [1.807, 2.05) is 12.2 Å². The van der Waals surface area contributed by atoms with Crippen LogP contribution in [0.5, 0.6) is 0 Å². The molecule has 0 aliphatic heterocycles. The molecule has 2 heteroatoms. The molecule has 0 saturated heterocycles. The number of unbranched alkanes of at least 4 members (excludes halogenated alkanes) is 1. The minimum Gasteiger partial charge on any atom is -0.381 e. The van der Waals surface area contributed by atoms with Crippen molar-refractivity contribution in [3.63, 3.8) is 0 Å². The average molecular weight is 156 g/mol. The first-order valence-electron chi connectivity index (χ1n) is 3.90. The molecule has 2 nitrogen and oxygen atoms in total. The molecule has 0 unspecified atom stereocenters. The van der Waals surface area contributed by atoms with Gasteiger partial charge >= 0.3 is 0 Å². The van der Waals surface area contributed by atoms with Crippen molar-refractivity contribution in [3.05, 3.63) is 12.2 Å². The van der Waals surface area contributed by atoms with E-state index in [0.717, 1.165) is 12.8 Å². The Kier molecular flexibility index (Phi) is 7.05. The van der Waals surface area contributed by atoms with E-state index in [9.17, 15) is 4.79 Å². The molecule has 0 saturated carbocycles. The van der Waals surface area contributed by atoms with Crippen LogP contribution in [0.4, 0.5) is 0 Å². The fourth-order valence-electron chi connectivity index (χ4n) is 0.751. The van der Waals surface area contributed by atoms with Gasteiger partial charge in [0.25, 0.3) is 0 Å². The second-order valence-electron chi connectivity index (χ2n) is 2.52. The number of ether oxygens (including phenoxy) is 1. The maximum atomic E-state index is 10.5. The van der Waals surface area contributed by atoms with Crippen LogP contribution in [0.1, 0.15) is 26.2 Å². The first-order chi connectivity index (χ1) is 5.27. The van der Waals surface area contributed by atoms with Crippen LogP contribution in [-0.2, 0) is 9.53 Å². The van der Waals surface area contributed by atoms with Gasteiger partial charge in [-0.2, -0.15) is 0 Å². The topological polar surface area (TPSA) is 26.3 Å². The monoisotopic (exact) mass is 156 g/mol. The Balaban J connectivity index is 3.07. The maximum absolute atomic E-state index is 10.5. The number of methoxy groups -OCH3 is 1. The van der Waals surface area contributed by atoms with Crippen LogP contribution in [0.25, 0.3) is 0 Å². The van der Waals surface area contributed by atoms with Crippen molar-refractivity contribution >= 4 is 5.78 Å². The summed E-state index contributed by atoms with van der Waals surface area (Å²) in [7, 11) is 1.67. The molecule has 0 aromatic rings. The van der Waals surface area contributed by atoms with E-state index in [2.05, 4.69) is 0 Å². The van der Waals surface area contributed by atoms with Crippen LogP contribution >= 0.6 is 0 Å². The Bertz CT molecular complexity index is 128. The van der Waals surface area contributed by atoms with Crippen LogP contribution in [-0.4, -0.2) is 19.5 Å². The number of allylic oxidation sites excluding steroid dienone is 1. The molecule has 11 heavy (non-hydrogen) atoms. The Hall–Kier alpha value is -0.630. The average Bonchev–Trinajstić information content (AvgIpc) is 1.96. The number of rotatable bonds is 6. The normalized spacial score (nSPS) is 10.7. The maximum Gasteiger partial charge on any atom is 0.129 e.